The molecule has 0 unspecified atom stereocenters. The van der Waals surface area contributed by atoms with E-state index < -0.39 is 4.75 Å². The van der Waals surface area contributed by atoms with Gasteiger partial charge in [0.2, 0.25) is 0 Å². The zero-order valence-electron chi connectivity index (χ0n) is 13.6. The molecule has 0 saturated heterocycles. The van der Waals surface area contributed by atoms with Crippen LogP contribution in [0.1, 0.15) is 38.7 Å². The standard InChI is InChI=1S/C19H22O3S/c1-15(20)23-19(2,13-16-9-5-3-6-10-16)18(21)22-14-17-11-7-4-8-12-17/h4-5,7-9,11-13H,3,6,10,14H2,1-2H3/b16-13-/t19-/m0/s1. The maximum atomic E-state index is 12.6. The van der Waals surface area contributed by atoms with E-state index >= 15 is 0 Å². The van der Waals surface area contributed by atoms with E-state index in [1.807, 2.05) is 42.5 Å². The molecule has 1 aliphatic rings. The molecule has 0 radical (unpaired) electrons. The van der Waals surface area contributed by atoms with Crippen molar-refractivity contribution < 1.29 is 14.3 Å². The van der Waals surface area contributed by atoms with Crippen LogP contribution in [-0.2, 0) is 20.9 Å². The van der Waals surface area contributed by atoms with Crippen LogP contribution in [0.5, 0.6) is 0 Å². The number of benzene rings is 1. The Morgan fingerprint density at radius 2 is 2.04 bits per heavy atom. The number of hydrogen-bond acceptors (Lipinski definition) is 4. The first-order valence-electron chi connectivity index (χ1n) is 7.78. The molecular weight excluding hydrogens is 308 g/mol. The molecule has 1 aromatic rings. The van der Waals surface area contributed by atoms with Crippen LogP contribution in [0.3, 0.4) is 0 Å². The lowest BCUT2D eigenvalue weighted by molar-refractivity contribution is -0.146. The van der Waals surface area contributed by atoms with Crippen LogP contribution in [0, 0.1) is 0 Å². The van der Waals surface area contributed by atoms with Crippen LogP contribution in [0.25, 0.3) is 0 Å². The predicted octanol–water partition coefficient (Wildman–Crippen LogP) is 4.43. The summed E-state index contributed by atoms with van der Waals surface area (Å²) in [5.74, 6) is -0.381. The van der Waals surface area contributed by atoms with Crippen molar-refractivity contribution in [2.45, 2.75) is 44.5 Å². The summed E-state index contributed by atoms with van der Waals surface area (Å²) in [6.45, 7) is 3.44. The number of rotatable bonds is 5. The zero-order chi connectivity index (χ0) is 16.7. The van der Waals surface area contributed by atoms with E-state index in [1.54, 1.807) is 6.92 Å². The summed E-state index contributed by atoms with van der Waals surface area (Å²) in [6.07, 6.45) is 9.07. The van der Waals surface area contributed by atoms with Crippen molar-refractivity contribution in [3.05, 3.63) is 59.7 Å². The van der Waals surface area contributed by atoms with Crippen molar-refractivity contribution in [1.29, 1.82) is 0 Å². The molecule has 122 valence electrons. The molecule has 1 aromatic carbocycles. The van der Waals surface area contributed by atoms with Crippen LogP contribution in [0.2, 0.25) is 0 Å². The van der Waals surface area contributed by atoms with Gasteiger partial charge in [0.05, 0.1) is 0 Å². The number of carbonyl (C=O) groups is 2. The van der Waals surface area contributed by atoms with Gasteiger partial charge in [0, 0.05) is 6.92 Å². The molecule has 0 amide bonds. The van der Waals surface area contributed by atoms with Gasteiger partial charge in [-0.25, -0.2) is 0 Å². The van der Waals surface area contributed by atoms with Gasteiger partial charge >= 0.3 is 5.97 Å². The molecule has 23 heavy (non-hydrogen) atoms. The number of carbonyl (C=O) groups excluding carboxylic acids is 2. The average molecular weight is 330 g/mol. The van der Waals surface area contributed by atoms with Gasteiger partial charge in [-0.15, -0.1) is 0 Å². The second-order valence-corrected chi connectivity index (χ2v) is 7.40. The van der Waals surface area contributed by atoms with Gasteiger partial charge in [-0.1, -0.05) is 65.9 Å². The minimum atomic E-state index is -0.988. The fraction of sp³-hybridized carbons (Fsp3) is 0.368. The molecule has 0 bridgehead atoms. The van der Waals surface area contributed by atoms with Crippen LogP contribution < -0.4 is 0 Å². The first-order valence-corrected chi connectivity index (χ1v) is 8.60. The monoisotopic (exact) mass is 330 g/mol. The Kier molecular flexibility index (Phi) is 6.22. The molecule has 3 nitrogen and oxygen atoms in total. The highest BCUT2D eigenvalue weighted by Gasteiger charge is 2.35. The van der Waals surface area contributed by atoms with Gasteiger partial charge in [0.25, 0.3) is 0 Å². The summed E-state index contributed by atoms with van der Waals surface area (Å²) < 4.78 is 4.47. The van der Waals surface area contributed by atoms with Crippen molar-refractivity contribution in [2.24, 2.45) is 0 Å². The summed E-state index contributed by atoms with van der Waals surface area (Å²) in [7, 11) is 0. The fourth-order valence-corrected chi connectivity index (χ4v) is 3.46. The normalized spacial score (nSPS) is 18.4. The third kappa shape index (κ3) is 5.39. The van der Waals surface area contributed by atoms with Crippen molar-refractivity contribution in [2.75, 3.05) is 0 Å². The number of thioether (sulfide) groups is 1. The second kappa shape index (κ2) is 8.16. The summed E-state index contributed by atoms with van der Waals surface area (Å²) in [6, 6.07) is 9.54. The van der Waals surface area contributed by atoms with E-state index in [-0.39, 0.29) is 17.7 Å². The first kappa shape index (κ1) is 17.5. The van der Waals surface area contributed by atoms with Gasteiger partial charge in [0.15, 0.2) is 5.12 Å². The van der Waals surface area contributed by atoms with Gasteiger partial charge in [-0.3, -0.25) is 9.59 Å². The number of allylic oxidation sites excluding steroid dienone is 3. The number of ether oxygens (including phenoxy) is 1. The molecule has 2 rings (SSSR count). The fourth-order valence-electron chi connectivity index (χ4n) is 2.51. The van der Waals surface area contributed by atoms with E-state index in [1.165, 1.54) is 6.92 Å². The van der Waals surface area contributed by atoms with E-state index in [0.29, 0.717) is 0 Å². The third-order valence-electron chi connectivity index (χ3n) is 3.60. The maximum absolute atomic E-state index is 12.6. The van der Waals surface area contributed by atoms with Crippen molar-refractivity contribution in [3.8, 4) is 0 Å². The van der Waals surface area contributed by atoms with Crippen LogP contribution in [0.15, 0.2) is 54.1 Å². The lowest BCUT2D eigenvalue weighted by Gasteiger charge is -2.24. The Balaban J connectivity index is 2.12. The molecule has 0 spiro atoms. The van der Waals surface area contributed by atoms with Gasteiger partial charge in [-0.2, -0.15) is 0 Å². The molecular formula is C19H22O3S. The summed E-state index contributed by atoms with van der Waals surface area (Å²) in [4.78, 5) is 24.2. The highest BCUT2D eigenvalue weighted by molar-refractivity contribution is 8.15. The Morgan fingerprint density at radius 1 is 1.30 bits per heavy atom. The van der Waals surface area contributed by atoms with E-state index in [0.717, 1.165) is 42.2 Å². The Hall–Kier alpha value is -1.81. The minimum Gasteiger partial charge on any atom is -0.460 e. The van der Waals surface area contributed by atoms with Gasteiger partial charge < -0.3 is 4.74 Å². The largest absolute Gasteiger partial charge is 0.460 e. The molecule has 0 heterocycles. The summed E-state index contributed by atoms with van der Waals surface area (Å²) >= 11 is 1.02. The molecule has 1 atom stereocenters. The summed E-state index contributed by atoms with van der Waals surface area (Å²) in [5.41, 5.74) is 2.02. The third-order valence-corrected chi connectivity index (χ3v) is 4.60. The highest BCUT2D eigenvalue weighted by atomic mass is 32.2. The van der Waals surface area contributed by atoms with Crippen LogP contribution >= 0.6 is 11.8 Å². The van der Waals surface area contributed by atoms with Gasteiger partial charge in [-0.05, 0) is 31.7 Å². The smallest absolute Gasteiger partial charge is 0.326 e. The molecule has 4 heteroatoms. The molecule has 0 aromatic heterocycles. The molecule has 1 aliphatic carbocycles. The first-order chi connectivity index (χ1) is 11.0. The molecule has 0 fully saturated rings. The van der Waals surface area contributed by atoms with E-state index in [9.17, 15) is 9.59 Å². The SMILES string of the molecule is CC(=O)S[C@@](C)(/C=C1/C=CCCC1)C(=O)OCc1ccccc1. The lowest BCUT2D eigenvalue weighted by atomic mass is 9.98. The number of esters is 1. The maximum Gasteiger partial charge on any atom is 0.326 e. The topological polar surface area (TPSA) is 43.4 Å². The predicted molar refractivity (Wildman–Crippen MR) is 94.0 cm³/mol. The summed E-state index contributed by atoms with van der Waals surface area (Å²) in [5, 5.41) is -0.0965. The Bertz CT molecular complexity index is 619. The van der Waals surface area contributed by atoms with E-state index in [2.05, 4.69) is 6.08 Å². The molecule has 0 aliphatic heterocycles. The quantitative estimate of drug-likeness (QED) is 0.749. The lowest BCUT2D eigenvalue weighted by Crippen LogP contribution is -2.33. The highest BCUT2D eigenvalue weighted by Crippen LogP contribution is 2.32. The van der Waals surface area contributed by atoms with Gasteiger partial charge in [0.1, 0.15) is 11.4 Å². The zero-order valence-corrected chi connectivity index (χ0v) is 14.4. The Labute approximate surface area is 141 Å². The van der Waals surface area contributed by atoms with Crippen molar-refractivity contribution in [1.82, 2.24) is 0 Å². The van der Waals surface area contributed by atoms with Crippen LogP contribution in [0.4, 0.5) is 0 Å². The molecule has 0 N–H and O–H groups in total. The average Bonchev–Trinajstić information content (AvgIpc) is 2.53. The molecule has 0 saturated carbocycles. The minimum absolute atomic E-state index is 0.0965. The number of hydrogen-bond donors (Lipinski definition) is 0. The van der Waals surface area contributed by atoms with Crippen LogP contribution in [-0.4, -0.2) is 15.8 Å². The Morgan fingerprint density at radius 3 is 2.65 bits per heavy atom. The second-order valence-electron chi connectivity index (χ2n) is 5.78. The van der Waals surface area contributed by atoms with Crippen molar-refractivity contribution in [3.63, 3.8) is 0 Å². The van der Waals surface area contributed by atoms with Crippen molar-refractivity contribution >= 4 is 22.8 Å². The van der Waals surface area contributed by atoms with E-state index in [4.69, 9.17) is 4.74 Å².